The van der Waals surface area contributed by atoms with E-state index in [0.717, 1.165) is 11.4 Å². The van der Waals surface area contributed by atoms with Gasteiger partial charge in [-0.3, -0.25) is 4.79 Å². The monoisotopic (exact) mass is 297 g/mol. The van der Waals surface area contributed by atoms with Gasteiger partial charge in [0.05, 0.1) is 12.5 Å². The zero-order chi connectivity index (χ0) is 14.7. The van der Waals surface area contributed by atoms with Crippen molar-refractivity contribution in [1.29, 1.82) is 0 Å². The molecule has 7 heteroatoms. The van der Waals surface area contributed by atoms with Crippen LogP contribution in [0.2, 0.25) is 0 Å². The largest absolute Gasteiger partial charge is 0.481 e. The Morgan fingerprint density at radius 2 is 2.30 bits per heavy atom. The van der Waals surface area contributed by atoms with Gasteiger partial charge < -0.3 is 15.3 Å². The van der Waals surface area contributed by atoms with Crippen molar-refractivity contribution in [3.05, 3.63) is 16.1 Å². The molecule has 1 unspecified atom stereocenters. The van der Waals surface area contributed by atoms with Gasteiger partial charge in [-0.05, 0) is 6.42 Å². The van der Waals surface area contributed by atoms with Crippen molar-refractivity contribution in [3.8, 4) is 0 Å². The van der Waals surface area contributed by atoms with Gasteiger partial charge in [0.25, 0.3) is 0 Å². The van der Waals surface area contributed by atoms with Crippen molar-refractivity contribution in [2.45, 2.75) is 26.8 Å². The fourth-order valence-corrected chi connectivity index (χ4v) is 2.85. The molecule has 1 atom stereocenters. The Morgan fingerprint density at radius 1 is 1.60 bits per heavy atom. The minimum Gasteiger partial charge on any atom is -0.481 e. The topological polar surface area (TPSA) is 82.5 Å². The number of amides is 2. The van der Waals surface area contributed by atoms with Crippen LogP contribution in [0, 0.1) is 11.8 Å². The number of carboxylic acids is 1. The molecule has 2 heterocycles. The Morgan fingerprint density at radius 3 is 2.85 bits per heavy atom. The van der Waals surface area contributed by atoms with Crippen LogP contribution in [0.15, 0.2) is 6.20 Å². The number of nitrogens with one attached hydrogen (secondary N) is 1. The fraction of sp³-hybridized carbons (Fsp3) is 0.615. The number of thiazole rings is 1. The van der Waals surface area contributed by atoms with Gasteiger partial charge in [-0.15, -0.1) is 11.3 Å². The average molecular weight is 297 g/mol. The van der Waals surface area contributed by atoms with E-state index in [1.165, 1.54) is 4.88 Å². The fourth-order valence-electron chi connectivity index (χ4n) is 2.05. The lowest BCUT2D eigenvalue weighted by Gasteiger charge is -2.40. The molecule has 6 nitrogen and oxygen atoms in total. The summed E-state index contributed by atoms with van der Waals surface area (Å²) in [5, 5.41) is 12.6. The Kier molecular flexibility index (Phi) is 4.59. The van der Waals surface area contributed by atoms with Crippen LogP contribution in [0.3, 0.4) is 0 Å². The van der Waals surface area contributed by atoms with Crippen molar-refractivity contribution in [3.63, 3.8) is 0 Å². The highest BCUT2D eigenvalue weighted by atomic mass is 32.1. The van der Waals surface area contributed by atoms with Crippen LogP contribution in [0.5, 0.6) is 0 Å². The van der Waals surface area contributed by atoms with Crippen LogP contribution in [-0.4, -0.2) is 40.1 Å². The number of hydrogen-bond acceptors (Lipinski definition) is 4. The zero-order valence-electron chi connectivity index (χ0n) is 11.6. The Hall–Kier alpha value is -1.63. The Bertz CT molecular complexity index is 497. The molecule has 20 heavy (non-hydrogen) atoms. The molecule has 0 aromatic carbocycles. The lowest BCUT2D eigenvalue weighted by molar-refractivity contribution is -0.144. The summed E-state index contributed by atoms with van der Waals surface area (Å²) in [4.78, 5) is 29.8. The number of rotatable bonds is 5. The summed E-state index contributed by atoms with van der Waals surface area (Å²) in [6, 6.07) is -0.146. The van der Waals surface area contributed by atoms with E-state index in [2.05, 4.69) is 17.2 Å². The molecule has 2 amide bonds. The van der Waals surface area contributed by atoms with Crippen LogP contribution in [0.25, 0.3) is 0 Å². The number of carbonyl (C=O) groups excluding carboxylic acids is 1. The van der Waals surface area contributed by atoms with E-state index in [4.69, 9.17) is 5.11 Å². The Labute approximate surface area is 121 Å². The molecule has 1 fully saturated rings. The van der Waals surface area contributed by atoms with Gasteiger partial charge in [-0.2, -0.15) is 0 Å². The molecule has 2 rings (SSSR count). The van der Waals surface area contributed by atoms with Crippen LogP contribution < -0.4 is 5.32 Å². The molecular formula is C13H19N3O3S. The summed E-state index contributed by atoms with van der Waals surface area (Å²) >= 11 is 1.60. The molecule has 1 aliphatic heterocycles. The summed E-state index contributed by atoms with van der Waals surface area (Å²) in [7, 11) is 0. The van der Waals surface area contributed by atoms with Crippen molar-refractivity contribution in [1.82, 2.24) is 15.2 Å². The summed E-state index contributed by atoms with van der Waals surface area (Å²) < 4.78 is 0. The lowest BCUT2D eigenvalue weighted by Crippen LogP contribution is -2.56. The van der Waals surface area contributed by atoms with Crippen LogP contribution in [-0.2, 0) is 17.8 Å². The molecule has 0 spiro atoms. The van der Waals surface area contributed by atoms with E-state index in [9.17, 15) is 9.59 Å². The second kappa shape index (κ2) is 6.21. The maximum Gasteiger partial charge on any atom is 0.317 e. The molecule has 1 aromatic heterocycles. The van der Waals surface area contributed by atoms with E-state index >= 15 is 0 Å². The minimum absolute atomic E-state index is 0.0600. The quantitative estimate of drug-likeness (QED) is 0.864. The third-order valence-corrected chi connectivity index (χ3v) is 4.78. The smallest absolute Gasteiger partial charge is 0.317 e. The SMILES string of the molecule is CCc1cnc(CNC(=O)N2CC(C(C)C(=O)O)C2)s1. The number of carbonyl (C=O) groups is 2. The first-order valence-corrected chi connectivity index (χ1v) is 7.52. The van der Waals surface area contributed by atoms with Crippen molar-refractivity contribution in [2.75, 3.05) is 13.1 Å². The molecule has 0 saturated carbocycles. The Balaban J connectivity index is 1.73. The summed E-state index contributed by atoms with van der Waals surface area (Å²) in [5.74, 6) is -1.14. The molecule has 110 valence electrons. The van der Waals surface area contributed by atoms with Crippen molar-refractivity contribution >= 4 is 23.3 Å². The molecule has 1 aromatic rings. The molecular weight excluding hydrogens is 278 g/mol. The molecule has 0 bridgehead atoms. The van der Waals surface area contributed by atoms with Gasteiger partial charge in [0.2, 0.25) is 0 Å². The van der Waals surface area contributed by atoms with E-state index in [-0.39, 0.29) is 11.9 Å². The second-order valence-electron chi connectivity index (χ2n) is 5.02. The van der Waals surface area contributed by atoms with Gasteiger partial charge >= 0.3 is 12.0 Å². The van der Waals surface area contributed by atoms with Gasteiger partial charge in [0.1, 0.15) is 5.01 Å². The molecule has 1 saturated heterocycles. The number of likely N-dealkylation sites (tertiary alicyclic amines) is 1. The average Bonchev–Trinajstić information content (AvgIpc) is 2.82. The van der Waals surface area contributed by atoms with E-state index in [0.29, 0.717) is 19.6 Å². The number of carboxylic acid groups (broad SMARTS) is 1. The number of aliphatic carboxylic acids is 1. The summed E-state index contributed by atoms with van der Waals surface area (Å²) in [6.45, 7) is 5.21. The van der Waals surface area contributed by atoms with Crippen LogP contribution in [0.4, 0.5) is 4.79 Å². The molecule has 1 aliphatic rings. The lowest BCUT2D eigenvalue weighted by atomic mass is 9.87. The van der Waals surface area contributed by atoms with E-state index < -0.39 is 11.9 Å². The summed E-state index contributed by atoms with van der Waals surface area (Å²) in [5.41, 5.74) is 0. The van der Waals surface area contributed by atoms with Gasteiger partial charge in [-0.25, -0.2) is 9.78 Å². The third kappa shape index (κ3) is 3.27. The standard InChI is InChI=1S/C13H19N3O3S/c1-3-10-4-14-11(20-10)5-15-13(19)16-6-9(7-16)8(2)12(17)18/h4,8-9H,3,5-7H2,1-2H3,(H,15,19)(H,17,18). The highest BCUT2D eigenvalue weighted by molar-refractivity contribution is 7.11. The van der Waals surface area contributed by atoms with Crippen molar-refractivity contribution < 1.29 is 14.7 Å². The predicted molar refractivity (Wildman–Crippen MR) is 75.6 cm³/mol. The number of urea groups is 1. The second-order valence-corrected chi connectivity index (χ2v) is 6.22. The number of aryl methyl sites for hydroxylation is 1. The molecule has 0 radical (unpaired) electrons. The number of nitrogens with zero attached hydrogens (tertiary/aromatic N) is 2. The zero-order valence-corrected chi connectivity index (χ0v) is 12.4. The van der Waals surface area contributed by atoms with E-state index in [1.807, 2.05) is 6.20 Å². The molecule has 2 N–H and O–H groups in total. The number of aromatic nitrogens is 1. The highest BCUT2D eigenvalue weighted by Crippen LogP contribution is 2.24. The third-order valence-electron chi connectivity index (χ3n) is 3.63. The van der Waals surface area contributed by atoms with Crippen LogP contribution >= 0.6 is 11.3 Å². The maximum absolute atomic E-state index is 11.9. The first-order valence-electron chi connectivity index (χ1n) is 6.70. The normalized spacial score (nSPS) is 16.6. The first kappa shape index (κ1) is 14.8. The van der Waals surface area contributed by atoms with Gasteiger partial charge in [-0.1, -0.05) is 13.8 Å². The van der Waals surface area contributed by atoms with Gasteiger partial charge in [0, 0.05) is 30.1 Å². The predicted octanol–water partition coefficient (Wildman–Crippen LogP) is 1.57. The van der Waals surface area contributed by atoms with Gasteiger partial charge in [0.15, 0.2) is 0 Å². The highest BCUT2D eigenvalue weighted by Gasteiger charge is 2.37. The van der Waals surface area contributed by atoms with Crippen LogP contribution in [0.1, 0.15) is 23.7 Å². The number of hydrogen-bond donors (Lipinski definition) is 2. The maximum atomic E-state index is 11.9. The summed E-state index contributed by atoms with van der Waals surface area (Å²) in [6.07, 6.45) is 2.78. The van der Waals surface area contributed by atoms with E-state index in [1.54, 1.807) is 23.2 Å². The first-order chi connectivity index (χ1) is 9.51. The molecule has 0 aliphatic carbocycles. The van der Waals surface area contributed by atoms with Crippen molar-refractivity contribution in [2.24, 2.45) is 11.8 Å². The minimum atomic E-state index is -0.801.